The summed E-state index contributed by atoms with van der Waals surface area (Å²) in [6.07, 6.45) is 4.53. The largest absolute Gasteiger partial charge is 0.469 e. The third kappa shape index (κ3) is 2.79. The summed E-state index contributed by atoms with van der Waals surface area (Å²) in [5.74, 6) is -0.0800. The molecule has 2 heterocycles. The van der Waals surface area contributed by atoms with Gasteiger partial charge < -0.3 is 9.64 Å². The molecule has 4 nitrogen and oxygen atoms in total. The number of hydrogen-bond donors (Lipinski definition) is 0. The maximum absolute atomic E-state index is 13.6. The van der Waals surface area contributed by atoms with E-state index in [-0.39, 0.29) is 35.7 Å². The molecule has 5 atom stereocenters. The molecule has 0 aromatic rings. The Morgan fingerprint density at radius 2 is 1.95 bits per heavy atom. The molecule has 0 bridgehead atoms. The minimum absolute atomic E-state index is 0.0293. The van der Waals surface area contributed by atoms with Gasteiger partial charge in [-0.2, -0.15) is 0 Å². The highest BCUT2D eigenvalue weighted by atomic mass is 19.1. The van der Waals surface area contributed by atoms with E-state index in [0.29, 0.717) is 25.8 Å². The van der Waals surface area contributed by atoms with Crippen LogP contribution in [0, 0.1) is 17.8 Å². The molecular weight excluding hydrogens is 273 g/mol. The van der Waals surface area contributed by atoms with Gasteiger partial charge in [-0.15, -0.1) is 0 Å². The van der Waals surface area contributed by atoms with E-state index in [2.05, 4.69) is 0 Å². The normalized spacial score (nSPS) is 40.0. The molecule has 3 rings (SSSR count). The van der Waals surface area contributed by atoms with Gasteiger partial charge in [-0.25, -0.2) is 4.39 Å². The lowest BCUT2D eigenvalue weighted by Crippen LogP contribution is -2.50. The number of carbonyl (C=O) groups excluding carboxylic acids is 2. The number of esters is 1. The Morgan fingerprint density at radius 1 is 1.19 bits per heavy atom. The zero-order valence-electron chi connectivity index (χ0n) is 12.6. The van der Waals surface area contributed by atoms with Gasteiger partial charge in [0.05, 0.1) is 13.0 Å². The molecule has 1 saturated carbocycles. The van der Waals surface area contributed by atoms with Gasteiger partial charge in [-0.1, -0.05) is 0 Å². The van der Waals surface area contributed by atoms with Crippen LogP contribution in [0.25, 0.3) is 0 Å². The maximum atomic E-state index is 13.6. The van der Waals surface area contributed by atoms with E-state index in [4.69, 9.17) is 4.74 Å². The summed E-state index contributed by atoms with van der Waals surface area (Å²) >= 11 is 0. The molecule has 5 unspecified atom stereocenters. The molecule has 5 heteroatoms. The SMILES string of the molecule is COC(=O)C1CCC2CCC3CC(F)CCC3C(=O)N2C1. The number of rotatable bonds is 1. The molecule has 0 aromatic carbocycles. The van der Waals surface area contributed by atoms with Gasteiger partial charge in [0.2, 0.25) is 5.91 Å². The van der Waals surface area contributed by atoms with Crippen molar-refractivity contribution in [1.29, 1.82) is 0 Å². The molecule has 118 valence electrons. The van der Waals surface area contributed by atoms with Gasteiger partial charge in [0.1, 0.15) is 6.17 Å². The Balaban J connectivity index is 1.75. The van der Waals surface area contributed by atoms with Crippen molar-refractivity contribution in [3.63, 3.8) is 0 Å². The maximum Gasteiger partial charge on any atom is 0.310 e. The smallest absolute Gasteiger partial charge is 0.310 e. The summed E-state index contributed by atoms with van der Waals surface area (Å²) in [6.45, 7) is 0.485. The van der Waals surface area contributed by atoms with Crippen LogP contribution in [0.4, 0.5) is 4.39 Å². The molecule has 0 aromatic heterocycles. The van der Waals surface area contributed by atoms with Crippen molar-refractivity contribution >= 4 is 11.9 Å². The van der Waals surface area contributed by atoms with Crippen LogP contribution >= 0.6 is 0 Å². The van der Waals surface area contributed by atoms with E-state index in [1.54, 1.807) is 0 Å². The molecular formula is C16H24FNO3. The molecule has 3 aliphatic rings. The second kappa shape index (κ2) is 5.93. The van der Waals surface area contributed by atoms with Crippen LogP contribution in [0.5, 0.6) is 0 Å². The van der Waals surface area contributed by atoms with Gasteiger partial charge in [-0.3, -0.25) is 9.59 Å². The molecule has 21 heavy (non-hydrogen) atoms. The zero-order valence-corrected chi connectivity index (χ0v) is 12.6. The van der Waals surface area contributed by atoms with Crippen LogP contribution in [0.1, 0.15) is 44.9 Å². The Kier molecular flexibility index (Phi) is 4.18. The molecule has 0 N–H and O–H groups in total. The van der Waals surface area contributed by atoms with E-state index < -0.39 is 6.17 Å². The van der Waals surface area contributed by atoms with Crippen LogP contribution < -0.4 is 0 Å². The quantitative estimate of drug-likeness (QED) is 0.698. The summed E-state index contributed by atoms with van der Waals surface area (Å²) in [5.41, 5.74) is 0. The molecule has 3 fully saturated rings. The highest BCUT2D eigenvalue weighted by Crippen LogP contribution is 2.41. The van der Waals surface area contributed by atoms with Crippen molar-refractivity contribution < 1.29 is 18.7 Å². The molecule has 1 amide bonds. The lowest BCUT2D eigenvalue weighted by Gasteiger charge is -2.39. The number of amides is 1. The first-order valence-electron chi connectivity index (χ1n) is 8.12. The van der Waals surface area contributed by atoms with Crippen LogP contribution in [0.15, 0.2) is 0 Å². The number of piperidine rings is 1. The first-order chi connectivity index (χ1) is 10.1. The number of halogens is 1. The van der Waals surface area contributed by atoms with E-state index in [1.165, 1.54) is 7.11 Å². The predicted molar refractivity (Wildman–Crippen MR) is 75.2 cm³/mol. The molecule has 2 aliphatic heterocycles. The molecule has 1 aliphatic carbocycles. The van der Waals surface area contributed by atoms with Crippen molar-refractivity contribution in [2.75, 3.05) is 13.7 Å². The van der Waals surface area contributed by atoms with E-state index >= 15 is 0 Å². The van der Waals surface area contributed by atoms with Gasteiger partial charge in [0.25, 0.3) is 0 Å². The minimum Gasteiger partial charge on any atom is -0.469 e. The van der Waals surface area contributed by atoms with Crippen molar-refractivity contribution in [3.05, 3.63) is 0 Å². The Hall–Kier alpha value is -1.13. The second-order valence-electron chi connectivity index (χ2n) is 6.80. The first kappa shape index (κ1) is 14.8. The van der Waals surface area contributed by atoms with E-state index in [9.17, 15) is 14.0 Å². The van der Waals surface area contributed by atoms with Crippen molar-refractivity contribution in [1.82, 2.24) is 4.90 Å². The predicted octanol–water partition coefficient (Wildman–Crippen LogP) is 2.31. The molecule has 0 radical (unpaired) electrons. The number of methoxy groups -OCH3 is 1. The average molecular weight is 297 g/mol. The number of nitrogens with zero attached hydrogens (tertiary/aromatic N) is 1. The standard InChI is InChI=1S/C16H24FNO3/c1-21-16(20)11-3-6-13-5-2-10-8-12(17)4-7-14(10)15(19)18(13)9-11/h10-14H,2-9H2,1H3. The van der Waals surface area contributed by atoms with Crippen LogP contribution in [0.3, 0.4) is 0 Å². The summed E-state index contributed by atoms with van der Waals surface area (Å²) < 4.78 is 18.4. The van der Waals surface area contributed by atoms with E-state index in [0.717, 1.165) is 25.7 Å². The minimum atomic E-state index is -0.739. The lowest BCUT2D eigenvalue weighted by atomic mass is 9.76. The average Bonchev–Trinajstić information content (AvgIpc) is 2.63. The van der Waals surface area contributed by atoms with Gasteiger partial charge in [-0.05, 0) is 50.9 Å². The molecule has 0 spiro atoms. The van der Waals surface area contributed by atoms with Crippen LogP contribution in [-0.2, 0) is 14.3 Å². The van der Waals surface area contributed by atoms with Crippen LogP contribution in [0.2, 0.25) is 0 Å². The fourth-order valence-electron chi connectivity index (χ4n) is 4.43. The van der Waals surface area contributed by atoms with Crippen molar-refractivity contribution in [2.45, 2.75) is 57.2 Å². The Morgan fingerprint density at radius 3 is 2.71 bits per heavy atom. The second-order valence-corrected chi connectivity index (χ2v) is 6.80. The third-order valence-electron chi connectivity index (χ3n) is 5.63. The van der Waals surface area contributed by atoms with Gasteiger partial charge in [0.15, 0.2) is 0 Å². The van der Waals surface area contributed by atoms with Crippen LogP contribution in [-0.4, -0.2) is 42.6 Å². The summed E-state index contributed by atoms with van der Waals surface area (Å²) in [7, 11) is 1.40. The number of carbonyl (C=O) groups is 2. The highest BCUT2D eigenvalue weighted by molar-refractivity contribution is 5.81. The Labute approximate surface area is 125 Å². The number of ether oxygens (including phenoxy) is 1. The van der Waals surface area contributed by atoms with E-state index in [1.807, 2.05) is 4.90 Å². The van der Waals surface area contributed by atoms with Crippen molar-refractivity contribution in [2.24, 2.45) is 17.8 Å². The number of hydrogen-bond acceptors (Lipinski definition) is 3. The fraction of sp³-hybridized carbons (Fsp3) is 0.875. The summed E-state index contributed by atoms with van der Waals surface area (Å²) in [6, 6.07) is 0.238. The first-order valence-corrected chi connectivity index (χ1v) is 8.12. The highest BCUT2D eigenvalue weighted by Gasteiger charge is 2.44. The Bertz CT molecular complexity index is 428. The zero-order chi connectivity index (χ0) is 15.0. The molecule has 2 saturated heterocycles. The monoisotopic (exact) mass is 297 g/mol. The fourth-order valence-corrected chi connectivity index (χ4v) is 4.43. The summed E-state index contributed by atoms with van der Waals surface area (Å²) in [5, 5.41) is 0. The van der Waals surface area contributed by atoms with Gasteiger partial charge >= 0.3 is 5.97 Å². The summed E-state index contributed by atoms with van der Waals surface area (Å²) in [4.78, 5) is 26.5. The number of fused-ring (bicyclic) bond motifs is 2. The van der Waals surface area contributed by atoms with Crippen molar-refractivity contribution in [3.8, 4) is 0 Å². The number of alkyl halides is 1. The lowest BCUT2D eigenvalue weighted by molar-refractivity contribution is -0.151. The third-order valence-corrected chi connectivity index (χ3v) is 5.63. The topological polar surface area (TPSA) is 46.6 Å². The van der Waals surface area contributed by atoms with Gasteiger partial charge in [0, 0.05) is 18.5 Å².